The van der Waals surface area contributed by atoms with Gasteiger partial charge >= 0.3 is 0 Å². The van der Waals surface area contributed by atoms with Crippen LogP contribution in [0.25, 0.3) is 11.3 Å². The number of aromatic nitrogens is 1. The summed E-state index contributed by atoms with van der Waals surface area (Å²) < 4.78 is 6.65. The molecular weight excluding hydrogens is 315 g/mol. The van der Waals surface area contributed by atoms with Crippen molar-refractivity contribution in [1.82, 2.24) is 10.3 Å². The third-order valence-corrected chi connectivity index (χ3v) is 3.24. The molecule has 1 aromatic carbocycles. The lowest BCUT2D eigenvalue weighted by Crippen LogP contribution is -2.12. The first kappa shape index (κ1) is 11.6. The number of nitrogens with one attached hydrogen (secondary N) is 1. The molecule has 0 aliphatic heterocycles. The Morgan fingerprint density at radius 1 is 1.38 bits per heavy atom. The highest BCUT2D eigenvalue weighted by atomic mass is 127. The van der Waals surface area contributed by atoms with Crippen molar-refractivity contribution in [2.75, 3.05) is 6.54 Å². The molecule has 84 valence electrons. The van der Waals surface area contributed by atoms with Crippen molar-refractivity contribution in [2.45, 2.75) is 13.5 Å². The number of oxazole rings is 1. The fraction of sp³-hybridized carbons (Fsp3) is 0.250. The van der Waals surface area contributed by atoms with Crippen LogP contribution in [0.3, 0.4) is 0 Å². The van der Waals surface area contributed by atoms with Crippen LogP contribution >= 0.6 is 22.6 Å². The van der Waals surface area contributed by atoms with Gasteiger partial charge in [0.05, 0.1) is 0 Å². The Hall–Kier alpha value is -0.880. The Labute approximate surface area is 108 Å². The highest BCUT2D eigenvalue weighted by Crippen LogP contribution is 2.27. The number of benzene rings is 1. The first-order valence-corrected chi connectivity index (χ1v) is 6.28. The van der Waals surface area contributed by atoms with Crippen molar-refractivity contribution in [1.29, 1.82) is 0 Å². The van der Waals surface area contributed by atoms with Gasteiger partial charge in [-0.05, 0) is 35.2 Å². The minimum Gasteiger partial charge on any atom is -0.443 e. The van der Waals surface area contributed by atoms with E-state index in [1.165, 1.54) is 9.96 Å². The van der Waals surface area contributed by atoms with Crippen LogP contribution in [0.5, 0.6) is 0 Å². The summed E-state index contributed by atoms with van der Waals surface area (Å²) in [7, 11) is 0. The Balaban J connectivity index is 2.33. The van der Waals surface area contributed by atoms with Crippen molar-refractivity contribution >= 4 is 22.6 Å². The molecule has 0 aliphatic rings. The van der Waals surface area contributed by atoms with Gasteiger partial charge in [0.25, 0.3) is 0 Å². The Bertz CT molecular complexity index is 468. The highest BCUT2D eigenvalue weighted by molar-refractivity contribution is 14.1. The monoisotopic (exact) mass is 328 g/mol. The normalized spacial score (nSPS) is 10.6. The summed E-state index contributed by atoms with van der Waals surface area (Å²) in [5, 5.41) is 3.26. The van der Waals surface area contributed by atoms with E-state index in [2.05, 4.69) is 51.9 Å². The number of rotatable bonds is 4. The largest absolute Gasteiger partial charge is 0.443 e. The van der Waals surface area contributed by atoms with Crippen LogP contribution in [0.15, 0.2) is 35.1 Å². The third kappa shape index (κ3) is 2.44. The van der Waals surface area contributed by atoms with Crippen LogP contribution < -0.4 is 5.32 Å². The number of halogens is 1. The van der Waals surface area contributed by atoms with E-state index in [1.807, 2.05) is 12.1 Å². The standard InChI is InChI=1S/C12H13IN2O/c1-2-14-7-11-12(16-8-15-11)9-5-3-4-6-10(9)13/h3-6,8,14H,2,7H2,1H3. The molecule has 16 heavy (non-hydrogen) atoms. The Morgan fingerprint density at radius 3 is 2.94 bits per heavy atom. The van der Waals surface area contributed by atoms with E-state index >= 15 is 0 Å². The quantitative estimate of drug-likeness (QED) is 0.877. The van der Waals surface area contributed by atoms with Crippen LogP contribution in [0.2, 0.25) is 0 Å². The molecule has 1 heterocycles. The van der Waals surface area contributed by atoms with Gasteiger partial charge in [0.1, 0.15) is 5.69 Å². The van der Waals surface area contributed by atoms with Gasteiger partial charge in [0.15, 0.2) is 12.2 Å². The van der Waals surface area contributed by atoms with Crippen LogP contribution in [0, 0.1) is 3.57 Å². The molecule has 0 radical (unpaired) electrons. The fourth-order valence-corrected chi connectivity index (χ4v) is 2.14. The maximum Gasteiger partial charge on any atom is 0.181 e. The fourth-order valence-electron chi connectivity index (χ4n) is 1.50. The van der Waals surface area contributed by atoms with E-state index < -0.39 is 0 Å². The molecule has 0 spiro atoms. The summed E-state index contributed by atoms with van der Waals surface area (Å²) in [4.78, 5) is 4.24. The summed E-state index contributed by atoms with van der Waals surface area (Å²) in [5.74, 6) is 0.867. The predicted octanol–water partition coefficient (Wildman–Crippen LogP) is 3.06. The summed E-state index contributed by atoms with van der Waals surface area (Å²) in [5.41, 5.74) is 2.07. The molecule has 0 amide bonds. The molecule has 2 rings (SSSR count). The second-order valence-electron chi connectivity index (χ2n) is 3.39. The second-order valence-corrected chi connectivity index (χ2v) is 4.55. The van der Waals surface area contributed by atoms with Crippen molar-refractivity contribution in [2.24, 2.45) is 0 Å². The zero-order chi connectivity index (χ0) is 11.4. The molecule has 0 bridgehead atoms. The minimum absolute atomic E-state index is 0.743. The Morgan fingerprint density at radius 2 is 2.19 bits per heavy atom. The average molecular weight is 328 g/mol. The maximum atomic E-state index is 5.47. The molecule has 0 atom stereocenters. The topological polar surface area (TPSA) is 38.1 Å². The molecule has 3 nitrogen and oxygen atoms in total. The van der Waals surface area contributed by atoms with Crippen molar-refractivity contribution in [3.8, 4) is 11.3 Å². The smallest absolute Gasteiger partial charge is 0.181 e. The molecule has 0 saturated heterocycles. The van der Waals surface area contributed by atoms with Crippen molar-refractivity contribution in [3.05, 3.63) is 39.9 Å². The van der Waals surface area contributed by atoms with E-state index in [0.717, 1.165) is 30.1 Å². The molecule has 0 fully saturated rings. The zero-order valence-corrected chi connectivity index (χ0v) is 11.2. The molecule has 2 aromatic rings. The van der Waals surface area contributed by atoms with Crippen molar-refractivity contribution < 1.29 is 4.42 Å². The van der Waals surface area contributed by atoms with Gasteiger partial charge in [0.2, 0.25) is 0 Å². The molecule has 0 unspecified atom stereocenters. The SMILES string of the molecule is CCNCc1ncoc1-c1ccccc1I. The summed E-state index contributed by atoms with van der Waals surface area (Å²) in [6, 6.07) is 8.15. The van der Waals surface area contributed by atoms with Gasteiger partial charge < -0.3 is 9.73 Å². The van der Waals surface area contributed by atoms with E-state index in [0.29, 0.717) is 0 Å². The summed E-state index contributed by atoms with van der Waals surface area (Å²) in [6.07, 6.45) is 1.51. The van der Waals surface area contributed by atoms with Crippen LogP contribution in [-0.2, 0) is 6.54 Å². The lowest BCUT2D eigenvalue weighted by atomic mass is 10.1. The van der Waals surface area contributed by atoms with Crippen molar-refractivity contribution in [3.63, 3.8) is 0 Å². The van der Waals surface area contributed by atoms with Crippen LogP contribution in [0.1, 0.15) is 12.6 Å². The summed E-state index contributed by atoms with van der Waals surface area (Å²) >= 11 is 2.31. The van der Waals surface area contributed by atoms with E-state index in [-0.39, 0.29) is 0 Å². The molecule has 1 aromatic heterocycles. The number of nitrogens with zero attached hydrogens (tertiary/aromatic N) is 1. The molecule has 0 saturated carbocycles. The lowest BCUT2D eigenvalue weighted by Gasteiger charge is -2.03. The van der Waals surface area contributed by atoms with Gasteiger partial charge in [-0.2, -0.15) is 0 Å². The van der Waals surface area contributed by atoms with E-state index in [4.69, 9.17) is 4.42 Å². The van der Waals surface area contributed by atoms with E-state index in [9.17, 15) is 0 Å². The molecular formula is C12H13IN2O. The minimum atomic E-state index is 0.743. The first-order valence-electron chi connectivity index (χ1n) is 5.21. The average Bonchev–Trinajstić information content (AvgIpc) is 2.75. The third-order valence-electron chi connectivity index (χ3n) is 2.30. The Kier molecular flexibility index (Phi) is 3.95. The maximum absolute atomic E-state index is 5.47. The molecule has 0 aliphatic carbocycles. The van der Waals surface area contributed by atoms with Gasteiger partial charge in [-0.25, -0.2) is 4.98 Å². The van der Waals surface area contributed by atoms with Gasteiger partial charge in [-0.1, -0.05) is 25.1 Å². The zero-order valence-electron chi connectivity index (χ0n) is 9.03. The van der Waals surface area contributed by atoms with Gasteiger partial charge in [-0.3, -0.25) is 0 Å². The van der Waals surface area contributed by atoms with Gasteiger partial charge in [-0.15, -0.1) is 0 Å². The summed E-state index contributed by atoms with van der Waals surface area (Å²) in [6.45, 7) is 3.75. The van der Waals surface area contributed by atoms with E-state index in [1.54, 1.807) is 0 Å². The van der Waals surface area contributed by atoms with Crippen LogP contribution in [-0.4, -0.2) is 11.5 Å². The van der Waals surface area contributed by atoms with Gasteiger partial charge in [0, 0.05) is 15.7 Å². The highest BCUT2D eigenvalue weighted by Gasteiger charge is 2.12. The predicted molar refractivity (Wildman–Crippen MR) is 72.0 cm³/mol. The molecule has 1 N–H and O–H groups in total. The lowest BCUT2D eigenvalue weighted by molar-refractivity contribution is 0.569. The second kappa shape index (κ2) is 5.45. The number of hydrogen-bond donors (Lipinski definition) is 1. The first-order chi connectivity index (χ1) is 7.83. The molecule has 4 heteroatoms. The number of hydrogen-bond acceptors (Lipinski definition) is 3. The van der Waals surface area contributed by atoms with Crippen LogP contribution in [0.4, 0.5) is 0 Å².